The van der Waals surface area contributed by atoms with Crippen molar-refractivity contribution in [2.45, 2.75) is 5.41 Å². The molecular weight excluding hydrogens is 781 g/mol. The van der Waals surface area contributed by atoms with Crippen LogP contribution >= 0.6 is 0 Å². The molecule has 0 fully saturated rings. The molecule has 0 radical (unpaired) electrons. The number of pyridine rings is 1. The van der Waals surface area contributed by atoms with Crippen LogP contribution in [0.1, 0.15) is 22.3 Å². The fourth-order valence-corrected chi connectivity index (χ4v) is 10.2. The maximum Gasteiger partial charge on any atom is 0.164 e. The second-order valence-electron chi connectivity index (χ2n) is 16.5. The summed E-state index contributed by atoms with van der Waals surface area (Å²) >= 11 is 0. The largest absolute Gasteiger partial charge is 0.456 e. The van der Waals surface area contributed by atoms with Gasteiger partial charge in [0.05, 0.1) is 16.6 Å². The van der Waals surface area contributed by atoms with Crippen LogP contribution in [0.2, 0.25) is 0 Å². The van der Waals surface area contributed by atoms with Gasteiger partial charge in [-0.2, -0.15) is 0 Å². The van der Waals surface area contributed by atoms with E-state index in [2.05, 4.69) is 182 Å². The molecule has 1 aliphatic carbocycles. The number of aromatic nitrogens is 4. The van der Waals surface area contributed by atoms with Crippen LogP contribution in [0.15, 0.2) is 218 Å². The van der Waals surface area contributed by atoms with Crippen molar-refractivity contribution in [3.8, 4) is 79.2 Å². The number of para-hydroxylation sites is 2. The van der Waals surface area contributed by atoms with Gasteiger partial charge < -0.3 is 4.74 Å². The van der Waals surface area contributed by atoms with Crippen molar-refractivity contribution in [1.82, 2.24) is 19.9 Å². The third kappa shape index (κ3) is 5.44. The van der Waals surface area contributed by atoms with Crippen molar-refractivity contribution in [1.29, 1.82) is 0 Å². The summed E-state index contributed by atoms with van der Waals surface area (Å²) in [6, 6.07) is 76.5. The molecule has 0 atom stereocenters. The predicted octanol–water partition coefficient (Wildman–Crippen LogP) is 14.4. The van der Waals surface area contributed by atoms with E-state index < -0.39 is 5.41 Å². The minimum Gasteiger partial charge on any atom is -0.456 e. The number of rotatable bonds is 5. The number of hydrogen-bond donors (Lipinski definition) is 0. The first kappa shape index (κ1) is 36.1. The molecule has 0 amide bonds. The smallest absolute Gasteiger partial charge is 0.164 e. The molecule has 13 rings (SSSR count). The van der Waals surface area contributed by atoms with Crippen LogP contribution < -0.4 is 4.74 Å². The molecule has 0 saturated carbocycles. The lowest BCUT2D eigenvalue weighted by Crippen LogP contribution is -2.32. The Morgan fingerprint density at radius 2 is 0.844 bits per heavy atom. The van der Waals surface area contributed by atoms with Crippen molar-refractivity contribution in [3.05, 3.63) is 241 Å². The highest BCUT2D eigenvalue weighted by Crippen LogP contribution is 2.63. The average Bonchev–Trinajstić information content (AvgIpc) is 3.67. The predicted molar refractivity (Wildman–Crippen MR) is 257 cm³/mol. The van der Waals surface area contributed by atoms with Crippen molar-refractivity contribution >= 4 is 21.7 Å². The lowest BCUT2D eigenvalue weighted by atomic mass is 9.65. The topological polar surface area (TPSA) is 60.8 Å². The first-order valence-corrected chi connectivity index (χ1v) is 21.6. The van der Waals surface area contributed by atoms with Crippen molar-refractivity contribution in [3.63, 3.8) is 0 Å². The van der Waals surface area contributed by atoms with E-state index in [1.807, 2.05) is 36.4 Å². The van der Waals surface area contributed by atoms with E-state index in [9.17, 15) is 0 Å². The standard InChI is InChI=1S/C59H36N4O/c1-3-17-37(18-4-1)39-21-15-23-41(35-39)57-61-56(38-19-5-2-6-20-38)62-58(63-57)42-24-16-22-40(36-42)54-46-33-34-50-55(53(46)45-27-9-13-31-51(45)60-54)64-52-32-14-12-30-49(52)59(50)47-28-10-7-25-43(47)44-26-8-11-29-48(44)59/h1-36H. The molecule has 0 N–H and O–H groups in total. The highest BCUT2D eigenvalue weighted by atomic mass is 16.5. The van der Waals surface area contributed by atoms with Crippen LogP contribution in [0.5, 0.6) is 11.5 Å². The van der Waals surface area contributed by atoms with E-state index in [1.54, 1.807) is 0 Å². The van der Waals surface area contributed by atoms with Gasteiger partial charge in [-0.25, -0.2) is 19.9 Å². The molecule has 1 spiro atoms. The molecule has 298 valence electrons. The zero-order valence-electron chi connectivity index (χ0n) is 34.5. The Kier molecular flexibility index (Phi) is 8.06. The summed E-state index contributed by atoms with van der Waals surface area (Å²) < 4.78 is 7.19. The zero-order valence-corrected chi connectivity index (χ0v) is 34.5. The number of nitrogens with zero attached hydrogens (tertiary/aromatic N) is 4. The Bertz CT molecular complexity index is 3610. The molecule has 0 unspecified atom stereocenters. The first-order chi connectivity index (χ1) is 31.7. The maximum atomic E-state index is 7.19. The van der Waals surface area contributed by atoms with E-state index in [0.717, 1.165) is 83.4 Å². The highest BCUT2D eigenvalue weighted by Gasteiger charge is 2.51. The van der Waals surface area contributed by atoms with E-state index in [4.69, 9.17) is 24.7 Å². The Hall–Kier alpha value is -8.54. The summed E-state index contributed by atoms with van der Waals surface area (Å²) in [7, 11) is 0. The van der Waals surface area contributed by atoms with Crippen LogP contribution in [0, 0.1) is 0 Å². The van der Waals surface area contributed by atoms with Gasteiger partial charge in [0.25, 0.3) is 0 Å². The van der Waals surface area contributed by atoms with Crippen LogP contribution in [-0.4, -0.2) is 19.9 Å². The average molecular weight is 817 g/mol. The second-order valence-corrected chi connectivity index (χ2v) is 16.5. The third-order valence-corrected chi connectivity index (χ3v) is 13.0. The molecule has 5 nitrogen and oxygen atoms in total. The van der Waals surface area contributed by atoms with Gasteiger partial charge in [-0.05, 0) is 57.6 Å². The molecular formula is C59H36N4O. The number of fused-ring (bicyclic) bond motifs is 13. The van der Waals surface area contributed by atoms with Gasteiger partial charge in [-0.1, -0.05) is 194 Å². The summed E-state index contributed by atoms with van der Waals surface area (Å²) in [5, 5.41) is 3.07. The van der Waals surface area contributed by atoms with Gasteiger partial charge in [-0.15, -0.1) is 0 Å². The Labute approximate surface area is 370 Å². The molecule has 11 aromatic rings. The summed E-state index contributed by atoms with van der Waals surface area (Å²) in [5.41, 5.74) is 14.3. The second kappa shape index (κ2) is 14.3. The minimum absolute atomic E-state index is 0.580. The Morgan fingerprint density at radius 3 is 1.55 bits per heavy atom. The maximum absolute atomic E-state index is 7.19. The number of ether oxygens (including phenoxy) is 1. The van der Waals surface area contributed by atoms with Crippen molar-refractivity contribution in [2.75, 3.05) is 0 Å². The first-order valence-electron chi connectivity index (χ1n) is 21.6. The van der Waals surface area contributed by atoms with Gasteiger partial charge in [-0.3, -0.25) is 0 Å². The van der Waals surface area contributed by atoms with Gasteiger partial charge in [0.15, 0.2) is 17.5 Å². The fraction of sp³-hybridized carbons (Fsp3) is 0.0169. The lowest BCUT2D eigenvalue weighted by molar-refractivity contribution is 0.442. The fourth-order valence-electron chi connectivity index (χ4n) is 10.2. The van der Waals surface area contributed by atoms with Crippen molar-refractivity contribution in [2.24, 2.45) is 0 Å². The van der Waals surface area contributed by atoms with Gasteiger partial charge in [0.2, 0.25) is 0 Å². The molecule has 0 bridgehead atoms. The quantitative estimate of drug-likeness (QED) is 0.162. The zero-order chi connectivity index (χ0) is 42.2. The van der Waals surface area contributed by atoms with Crippen molar-refractivity contribution < 1.29 is 4.74 Å². The minimum atomic E-state index is -0.580. The van der Waals surface area contributed by atoms with Crippen LogP contribution in [-0.2, 0) is 5.41 Å². The summed E-state index contributed by atoms with van der Waals surface area (Å²) in [6.45, 7) is 0. The summed E-state index contributed by atoms with van der Waals surface area (Å²) in [5.74, 6) is 3.50. The molecule has 3 heterocycles. The van der Waals surface area contributed by atoms with E-state index in [-0.39, 0.29) is 0 Å². The molecule has 64 heavy (non-hydrogen) atoms. The van der Waals surface area contributed by atoms with E-state index in [1.165, 1.54) is 22.3 Å². The summed E-state index contributed by atoms with van der Waals surface area (Å²) in [4.78, 5) is 20.8. The normalized spacial score (nSPS) is 12.9. The van der Waals surface area contributed by atoms with Crippen LogP contribution in [0.25, 0.3) is 89.4 Å². The molecule has 9 aromatic carbocycles. The third-order valence-electron chi connectivity index (χ3n) is 13.0. The van der Waals surface area contributed by atoms with E-state index >= 15 is 0 Å². The summed E-state index contributed by atoms with van der Waals surface area (Å²) in [6.07, 6.45) is 0. The molecule has 5 heteroatoms. The van der Waals surface area contributed by atoms with Gasteiger partial charge in [0.1, 0.15) is 11.5 Å². The molecule has 1 aliphatic heterocycles. The van der Waals surface area contributed by atoms with Gasteiger partial charge >= 0.3 is 0 Å². The Morgan fingerprint density at radius 1 is 0.328 bits per heavy atom. The van der Waals surface area contributed by atoms with Crippen LogP contribution in [0.3, 0.4) is 0 Å². The number of hydrogen-bond acceptors (Lipinski definition) is 5. The van der Waals surface area contributed by atoms with E-state index in [0.29, 0.717) is 17.5 Å². The van der Waals surface area contributed by atoms with Gasteiger partial charge in [0, 0.05) is 49.5 Å². The molecule has 0 saturated heterocycles. The Balaban J connectivity index is 1.02. The monoisotopic (exact) mass is 816 g/mol. The lowest BCUT2D eigenvalue weighted by Gasteiger charge is -2.40. The molecule has 2 aromatic heterocycles. The number of benzene rings is 9. The van der Waals surface area contributed by atoms with Crippen LogP contribution in [0.4, 0.5) is 0 Å². The SMILES string of the molecule is c1ccc(-c2cccc(-c3nc(-c4ccccc4)nc(-c4cccc(-c5nc6ccccc6c6c7c(ccc56)C5(c6ccccc6O7)c6ccccc6-c6ccccc65)c4)n3)c2)cc1. The highest BCUT2D eigenvalue weighted by molar-refractivity contribution is 6.15. The molecule has 2 aliphatic rings.